The summed E-state index contributed by atoms with van der Waals surface area (Å²) in [5, 5.41) is 41.7. The molecule has 0 aliphatic heterocycles. The average Bonchev–Trinajstić information content (AvgIpc) is 2.86. The molecule has 220 valence electrons. The summed E-state index contributed by atoms with van der Waals surface area (Å²) in [4.78, 5) is 7.44. The van der Waals surface area contributed by atoms with Gasteiger partial charge in [-0.1, -0.05) is 12.1 Å². The highest BCUT2D eigenvalue weighted by Crippen LogP contribution is 2.45. The van der Waals surface area contributed by atoms with Crippen LogP contribution in [-0.2, 0) is 30.4 Å². The van der Waals surface area contributed by atoms with Crippen molar-refractivity contribution in [1.82, 2.24) is 0 Å². The molecule has 0 atom stereocenters. The van der Waals surface area contributed by atoms with Crippen LogP contribution < -0.4 is 5.32 Å². The van der Waals surface area contributed by atoms with Crippen LogP contribution in [0.15, 0.2) is 85.6 Å². The maximum absolute atomic E-state index is 12.4. The SMILES string of the molecule is O=[N+]([O-])c1cc(N=Nc2c(O)cc3c(Nc4ccc(S(=O)(=O)O)cc4)cccc3c2S(=O)(=O)O)c(O)c(S(=O)(=O)O)c1. The number of benzene rings is 4. The van der Waals surface area contributed by atoms with Crippen molar-refractivity contribution in [3.05, 3.63) is 70.8 Å². The van der Waals surface area contributed by atoms with Crippen molar-refractivity contribution in [1.29, 1.82) is 0 Å². The smallest absolute Gasteiger partial charge is 0.298 e. The number of rotatable bonds is 8. The first-order chi connectivity index (χ1) is 19.4. The van der Waals surface area contributed by atoms with E-state index in [4.69, 9.17) is 4.55 Å². The highest BCUT2D eigenvalue weighted by molar-refractivity contribution is 7.86. The fourth-order valence-corrected chi connectivity index (χ4v) is 5.71. The van der Waals surface area contributed by atoms with Crippen LogP contribution in [0.25, 0.3) is 10.8 Å². The van der Waals surface area contributed by atoms with Crippen LogP contribution in [0.2, 0.25) is 0 Å². The van der Waals surface area contributed by atoms with Gasteiger partial charge in [0.15, 0.2) is 5.75 Å². The zero-order valence-electron chi connectivity index (χ0n) is 20.3. The molecule has 0 fully saturated rings. The standard InChI is InChI=1S/C22H16N4O13S3/c27-18-10-15-14(2-1-3-16(15)23-11-4-6-13(7-5-11)40(31,32)33)22(42(37,38)39)20(18)25-24-17-8-12(26(29)30)9-19(21(17)28)41(34,35)36/h1-10,23,27-28H,(H,31,32,33)(H,34,35,36)(H,37,38,39). The molecule has 0 saturated heterocycles. The number of azo groups is 1. The van der Waals surface area contributed by atoms with E-state index in [0.29, 0.717) is 12.1 Å². The quantitative estimate of drug-likeness (QED) is 0.0685. The number of hydrogen-bond donors (Lipinski definition) is 6. The summed E-state index contributed by atoms with van der Waals surface area (Å²) in [6, 6.07) is 10.6. The van der Waals surface area contributed by atoms with Gasteiger partial charge in [0.2, 0.25) is 0 Å². The van der Waals surface area contributed by atoms with E-state index in [2.05, 4.69) is 15.5 Å². The fraction of sp³-hybridized carbons (Fsp3) is 0. The molecule has 20 heteroatoms. The lowest BCUT2D eigenvalue weighted by Crippen LogP contribution is -2.02. The first-order valence-electron chi connectivity index (χ1n) is 10.9. The third-order valence-corrected chi connectivity index (χ3v) is 8.23. The first-order valence-corrected chi connectivity index (χ1v) is 15.2. The molecule has 0 aliphatic carbocycles. The van der Waals surface area contributed by atoms with Gasteiger partial charge in [-0.05, 0) is 36.4 Å². The molecule has 17 nitrogen and oxygen atoms in total. The van der Waals surface area contributed by atoms with Crippen LogP contribution in [0.5, 0.6) is 11.5 Å². The molecule has 0 unspecified atom stereocenters. The number of phenols is 2. The van der Waals surface area contributed by atoms with E-state index in [1.165, 1.54) is 30.3 Å². The number of hydrogen-bond acceptors (Lipinski definition) is 13. The molecule has 6 N–H and O–H groups in total. The van der Waals surface area contributed by atoms with Crippen LogP contribution in [0.3, 0.4) is 0 Å². The van der Waals surface area contributed by atoms with Crippen LogP contribution in [0.4, 0.5) is 28.4 Å². The number of non-ortho nitro benzene ring substituents is 1. The molecule has 4 aromatic rings. The lowest BCUT2D eigenvalue weighted by atomic mass is 10.1. The molecule has 0 aliphatic rings. The monoisotopic (exact) mass is 640 g/mol. The summed E-state index contributed by atoms with van der Waals surface area (Å²) in [6.45, 7) is 0. The Hall–Kier alpha value is -4.73. The fourth-order valence-electron chi connectivity index (χ4n) is 3.76. The molecule has 0 radical (unpaired) electrons. The summed E-state index contributed by atoms with van der Waals surface area (Å²) < 4.78 is 99.0. The minimum absolute atomic E-state index is 0.00714. The highest BCUT2D eigenvalue weighted by atomic mass is 32.2. The van der Waals surface area contributed by atoms with E-state index in [9.17, 15) is 54.7 Å². The number of nitrogens with zero attached hydrogens (tertiary/aromatic N) is 3. The normalized spacial score (nSPS) is 12.5. The van der Waals surface area contributed by atoms with Crippen molar-refractivity contribution in [2.45, 2.75) is 14.7 Å². The zero-order valence-corrected chi connectivity index (χ0v) is 22.8. The molecule has 0 aromatic heterocycles. The predicted molar refractivity (Wildman–Crippen MR) is 144 cm³/mol. The minimum atomic E-state index is -5.20. The minimum Gasteiger partial charge on any atom is -0.506 e. The average molecular weight is 641 g/mol. The molecule has 0 amide bonds. The number of nitro benzene ring substituents is 1. The Labute approximate surface area is 235 Å². The van der Waals surface area contributed by atoms with E-state index in [1.54, 1.807) is 0 Å². The summed E-state index contributed by atoms with van der Waals surface area (Å²) in [5.74, 6) is -2.19. The maximum Gasteiger partial charge on any atom is 0.298 e. The van der Waals surface area contributed by atoms with Gasteiger partial charge in [-0.25, -0.2) is 0 Å². The molecule has 4 aromatic carbocycles. The molecular formula is C22H16N4O13S3. The van der Waals surface area contributed by atoms with Crippen LogP contribution in [0, 0.1) is 10.1 Å². The summed E-state index contributed by atoms with van der Waals surface area (Å²) >= 11 is 0. The summed E-state index contributed by atoms with van der Waals surface area (Å²) in [5.41, 5.74) is -2.36. The lowest BCUT2D eigenvalue weighted by molar-refractivity contribution is -0.385. The molecular weight excluding hydrogens is 624 g/mol. The van der Waals surface area contributed by atoms with Gasteiger partial charge in [0, 0.05) is 34.3 Å². The summed E-state index contributed by atoms with van der Waals surface area (Å²) in [6.07, 6.45) is 0. The second-order valence-corrected chi connectivity index (χ2v) is 12.5. The van der Waals surface area contributed by atoms with Crippen molar-refractivity contribution in [2.75, 3.05) is 5.32 Å². The number of fused-ring (bicyclic) bond motifs is 1. The van der Waals surface area contributed by atoms with Gasteiger partial charge >= 0.3 is 0 Å². The van der Waals surface area contributed by atoms with Gasteiger partial charge in [0.1, 0.15) is 26.9 Å². The first kappa shape index (κ1) is 30.2. The maximum atomic E-state index is 12.4. The molecule has 42 heavy (non-hydrogen) atoms. The van der Waals surface area contributed by atoms with Crippen molar-refractivity contribution in [3.63, 3.8) is 0 Å². The van der Waals surface area contributed by atoms with Crippen LogP contribution >= 0.6 is 0 Å². The Morgan fingerprint density at radius 2 is 1.40 bits per heavy atom. The Kier molecular flexibility index (Phi) is 7.62. The third kappa shape index (κ3) is 6.12. The van der Waals surface area contributed by atoms with E-state index in [0.717, 1.165) is 18.2 Å². The number of phenolic OH excluding ortho intramolecular Hbond substituents is 2. The second kappa shape index (κ2) is 10.6. The van der Waals surface area contributed by atoms with Gasteiger partial charge in [-0.3, -0.25) is 23.8 Å². The Bertz CT molecular complexity index is 2130. The van der Waals surface area contributed by atoms with Gasteiger partial charge in [-0.2, -0.15) is 25.3 Å². The van der Waals surface area contributed by atoms with Crippen molar-refractivity contribution >= 4 is 69.6 Å². The van der Waals surface area contributed by atoms with Crippen molar-refractivity contribution in [2.24, 2.45) is 10.2 Å². The van der Waals surface area contributed by atoms with Crippen molar-refractivity contribution in [3.8, 4) is 11.5 Å². The van der Waals surface area contributed by atoms with E-state index in [1.807, 2.05) is 0 Å². The van der Waals surface area contributed by atoms with Gasteiger partial charge < -0.3 is 15.5 Å². The van der Waals surface area contributed by atoms with Crippen LogP contribution in [0.1, 0.15) is 0 Å². The number of nitrogens with one attached hydrogen (secondary N) is 1. The van der Waals surface area contributed by atoms with Gasteiger partial charge in [0.05, 0.1) is 9.82 Å². The Balaban J connectivity index is 1.90. The topological polar surface area (TPSA) is 283 Å². The van der Waals surface area contributed by atoms with Gasteiger partial charge in [-0.15, -0.1) is 10.2 Å². The molecule has 0 bridgehead atoms. The Morgan fingerprint density at radius 3 is 1.95 bits per heavy atom. The number of anilines is 2. The lowest BCUT2D eigenvalue weighted by Gasteiger charge is -2.14. The Morgan fingerprint density at radius 1 is 0.762 bits per heavy atom. The largest absolute Gasteiger partial charge is 0.506 e. The van der Waals surface area contributed by atoms with E-state index < -0.39 is 78.5 Å². The predicted octanol–water partition coefficient (Wildman–Crippen LogP) is 4.06. The highest BCUT2D eigenvalue weighted by Gasteiger charge is 2.27. The van der Waals surface area contributed by atoms with Gasteiger partial charge in [0.25, 0.3) is 36.0 Å². The van der Waals surface area contributed by atoms with E-state index in [-0.39, 0.29) is 22.1 Å². The second-order valence-electron chi connectivity index (χ2n) is 8.32. The number of aromatic hydroxyl groups is 2. The molecule has 4 rings (SSSR count). The number of nitro groups is 1. The van der Waals surface area contributed by atoms with E-state index >= 15 is 0 Å². The molecule has 0 heterocycles. The van der Waals surface area contributed by atoms with Crippen molar-refractivity contribution < 1.29 is 54.0 Å². The zero-order chi connectivity index (χ0) is 31.2. The van der Waals surface area contributed by atoms with Crippen LogP contribution in [-0.4, -0.2) is 54.0 Å². The molecule has 0 saturated carbocycles. The summed E-state index contributed by atoms with van der Waals surface area (Å²) in [7, 11) is -14.9. The third-order valence-electron chi connectivity index (χ3n) is 5.56. The molecule has 0 spiro atoms.